The fraction of sp³-hybridized carbons (Fsp3) is 0.214. The van der Waals surface area contributed by atoms with Gasteiger partial charge in [-0.15, -0.1) is 0 Å². The molecule has 2 rings (SSSR count). The van der Waals surface area contributed by atoms with E-state index in [0.717, 1.165) is 11.4 Å². The highest BCUT2D eigenvalue weighted by molar-refractivity contribution is 5.32. The zero-order valence-electron chi connectivity index (χ0n) is 10.2. The normalized spacial score (nSPS) is 10.6. The summed E-state index contributed by atoms with van der Waals surface area (Å²) in [6.45, 7) is 2.92. The molecule has 1 heterocycles. The van der Waals surface area contributed by atoms with Gasteiger partial charge in [-0.1, -0.05) is 6.07 Å². The number of aromatic nitrogens is 1. The molecule has 0 saturated heterocycles. The van der Waals surface area contributed by atoms with Gasteiger partial charge in [-0.25, -0.2) is 4.39 Å². The lowest BCUT2D eigenvalue weighted by Crippen LogP contribution is -2.14. The van der Waals surface area contributed by atoms with Crippen LogP contribution in [0.3, 0.4) is 0 Å². The summed E-state index contributed by atoms with van der Waals surface area (Å²) in [6, 6.07) is 9.72. The van der Waals surface area contributed by atoms with Crippen molar-refractivity contribution in [1.29, 1.82) is 0 Å². The second-order valence-corrected chi connectivity index (χ2v) is 4.15. The van der Waals surface area contributed by atoms with E-state index in [1.54, 1.807) is 0 Å². The quantitative estimate of drug-likeness (QED) is 0.871. The van der Waals surface area contributed by atoms with E-state index in [4.69, 9.17) is 0 Å². The summed E-state index contributed by atoms with van der Waals surface area (Å²) in [5.74, 6) is -0.251. The van der Waals surface area contributed by atoms with Crippen molar-refractivity contribution in [3.63, 3.8) is 0 Å². The molecule has 0 atom stereocenters. The molecular formula is C14H15FN2O. The maximum absolute atomic E-state index is 13.0. The molecule has 94 valence electrons. The molecule has 0 bridgehead atoms. The highest BCUT2D eigenvalue weighted by Crippen LogP contribution is 2.17. The minimum atomic E-state index is -0.349. The highest BCUT2D eigenvalue weighted by Gasteiger charge is 2.02. The van der Waals surface area contributed by atoms with Crippen LogP contribution >= 0.6 is 0 Å². The Bertz CT molecular complexity index is 543. The number of nitrogens with zero attached hydrogens (tertiary/aromatic N) is 1. The van der Waals surface area contributed by atoms with Gasteiger partial charge in [0.1, 0.15) is 11.6 Å². The SMILES string of the molecule is Cc1cccc(CNCc2cc(F)ccc2O)n1. The maximum atomic E-state index is 13.0. The smallest absolute Gasteiger partial charge is 0.123 e. The third-order valence-corrected chi connectivity index (χ3v) is 2.61. The first-order valence-corrected chi connectivity index (χ1v) is 5.76. The van der Waals surface area contributed by atoms with Gasteiger partial charge >= 0.3 is 0 Å². The number of halogens is 1. The van der Waals surface area contributed by atoms with Gasteiger partial charge in [0.25, 0.3) is 0 Å². The first kappa shape index (κ1) is 12.5. The minimum absolute atomic E-state index is 0.0982. The number of pyridine rings is 1. The third kappa shape index (κ3) is 3.28. The molecule has 0 aliphatic heterocycles. The lowest BCUT2D eigenvalue weighted by molar-refractivity contribution is 0.461. The van der Waals surface area contributed by atoms with Gasteiger partial charge in [0.2, 0.25) is 0 Å². The molecule has 1 aromatic carbocycles. The number of rotatable bonds is 4. The van der Waals surface area contributed by atoms with Crippen molar-refractivity contribution < 1.29 is 9.50 Å². The van der Waals surface area contributed by atoms with Crippen LogP contribution < -0.4 is 5.32 Å². The van der Waals surface area contributed by atoms with Crippen molar-refractivity contribution in [3.8, 4) is 5.75 Å². The van der Waals surface area contributed by atoms with Crippen molar-refractivity contribution in [2.45, 2.75) is 20.0 Å². The average molecular weight is 246 g/mol. The number of hydrogen-bond donors (Lipinski definition) is 2. The van der Waals surface area contributed by atoms with Gasteiger partial charge in [-0.3, -0.25) is 4.98 Å². The van der Waals surface area contributed by atoms with E-state index in [1.165, 1.54) is 18.2 Å². The Labute approximate surface area is 105 Å². The second-order valence-electron chi connectivity index (χ2n) is 4.15. The van der Waals surface area contributed by atoms with E-state index in [1.807, 2.05) is 25.1 Å². The molecule has 18 heavy (non-hydrogen) atoms. The van der Waals surface area contributed by atoms with E-state index < -0.39 is 0 Å². The maximum Gasteiger partial charge on any atom is 0.123 e. The van der Waals surface area contributed by atoms with Gasteiger partial charge in [0.05, 0.1) is 5.69 Å². The van der Waals surface area contributed by atoms with Crippen LogP contribution in [0.4, 0.5) is 4.39 Å². The lowest BCUT2D eigenvalue weighted by atomic mass is 10.2. The summed E-state index contributed by atoms with van der Waals surface area (Å²) in [6.07, 6.45) is 0. The van der Waals surface area contributed by atoms with Crippen molar-refractivity contribution in [1.82, 2.24) is 10.3 Å². The van der Waals surface area contributed by atoms with E-state index in [-0.39, 0.29) is 11.6 Å². The van der Waals surface area contributed by atoms with Crippen LogP contribution in [0.5, 0.6) is 5.75 Å². The van der Waals surface area contributed by atoms with Crippen LogP contribution in [0.25, 0.3) is 0 Å². The Kier molecular flexibility index (Phi) is 3.89. The predicted octanol–water partition coefficient (Wildman–Crippen LogP) is 2.52. The van der Waals surface area contributed by atoms with Crippen LogP contribution in [0.1, 0.15) is 17.0 Å². The summed E-state index contributed by atoms with van der Waals surface area (Å²) in [5.41, 5.74) is 2.43. The Hall–Kier alpha value is -1.94. The van der Waals surface area contributed by atoms with Crippen molar-refractivity contribution >= 4 is 0 Å². The standard InChI is InChI=1S/C14H15FN2O/c1-10-3-2-4-13(17-10)9-16-8-11-7-12(15)5-6-14(11)18/h2-7,16,18H,8-9H2,1H3. The summed E-state index contributed by atoms with van der Waals surface area (Å²) < 4.78 is 13.0. The molecule has 0 aliphatic rings. The van der Waals surface area contributed by atoms with Crippen LogP contribution in [0.15, 0.2) is 36.4 Å². The molecule has 0 radical (unpaired) electrons. The van der Waals surface area contributed by atoms with Crippen LogP contribution in [-0.4, -0.2) is 10.1 Å². The average Bonchev–Trinajstić information content (AvgIpc) is 2.34. The molecule has 3 nitrogen and oxygen atoms in total. The van der Waals surface area contributed by atoms with E-state index in [0.29, 0.717) is 18.7 Å². The van der Waals surface area contributed by atoms with Crippen molar-refractivity contribution in [2.24, 2.45) is 0 Å². The molecular weight excluding hydrogens is 231 g/mol. The molecule has 0 spiro atoms. The molecule has 0 aliphatic carbocycles. The Morgan fingerprint density at radius 3 is 2.83 bits per heavy atom. The topological polar surface area (TPSA) is 45.1 Å². The van der Waals surface area contributed by atoms with Crippen LogP contribution in [-0.2, 0) is 13.1 Å². The summed E-state index contributed by atoms with van der Waals surface area (Å²) in [4.78, 5) is 4.35. The molecule has 2 aromatic rings. The zero-order chi connectivity index (χ0) is 13.0. The molecule has 0 unspecified atom stereocenters. The van der Waals surface area contributed by atoms with Gasteiger partial charge in [0.15, 0.2) is 0 Å². The number of aromatic hydroxyl groups is 1. The van der Waals surface area contributed by atoms with Gasteiger partial charge in [-0.05, 0) is 37.3 Å². The molecule has 0 saturated carbocycles. The number of nitrogens with one attached hydrogen (secondary N) is 1. The number of aryl methyl sites for hydroxylation is 1. The number of phenols is 1. The lowest BCUT2D eigenvalue weighted by Gasteiger charge is -2.07. The first-order valence-electron chi connectivity index (χ1n) is 5.76. The summed E-state index contributed by atoms with van der Waals surface area (Å²) in [7, 11) is 0. The van der Waals surface area contributed by atoms with Crippen molar-refractivity contribution in [2.75, 3.05) is 0 Å². The van der Waals surface area contributed by atoms with E-state index in [2.05, 4.69) is 10.3 Å². The van der Waals surface area contributed by atoms with Gasteiger partial charge in [0, 0.05) is 24.3 Å². The molecule has 2 N–H and O–H groups in total. The molecule has 0 fully saturated rings. The number of benzene rings is 1. The molecule has 1 aromatic heterocycles. The number of hydrogen-bond acceptors (Lipinski definition) is 3. The summed E-state index contributed by atoms with van der Waals surface area (Å²) >= 11 is 0. The van der Waals surface area contributed by atoms with Crippen LogP contribution in [0, 0.1) is 12.7 Å². The fourth-order valence-electron chi connectivity index (χ4n) is 1.72. The van der Waals surface area contributed by atoms with E-state index in [9.17, 15) is 9.50 Å². The summed E-state index contributed by atoms with van der Waals surface area (Å²) in [5, 5.41) is 12.7. The van der Waals surface area contributed by atoms with Crippen molar-refractivity contribution in [3.05, 3.63) is 59.2 Å². The molecule has 0 amide bonds. The second kappa shape index (κ2) is 5.60. The zero-order valence-corrected chi connectivity index (χ0v) is 10.2. The third-order valence-electron chi connectivity index (χ3n) is 2.61. The number of phenolic OH excluding ortho intramolecular Hbond substituents is 1. The van der Waals surface area contributed by atoms with Gasteiger partial charge < -0.3 is 10.4 Å². The Balaban J connectivity index is 1.94. The minimum Gasteiger partial charge on any atom is -0.508 e. The first-order chi connectivity index (χ1) is 8.65. The van der Waals surface area contributed by atoms with Crippen LogP contribution in [0.2, 0.25) is 0 Å². The predicted molar refractivity (Wildman–Crippen MR) is 67.6 cm³/mol. The highest BCUT2D eigenvalue weighted by atomic mass is 19.1. The van der Waals surface area contributed by atoms with E-state index >= 15 is 0 Å². The monoisotopic (exact) mass is 246 g/mol. The Morgan fingerprint density at radius 1 is 1.22 bits per heavy atom. The van der Waals surface area contributed by atoms with Gasteiger partial charge in [-0.2, -0.15) is 0 Å². The fourth-order valence-corrected chi connectivity index (χ4v) is 1.72. The largest absolute Gasteiger partial charge is 0.508 e. The Morgan fingerprint density at radius 2 is 2.06 bits per heavy atom. The molecule has 4 heteroatoms.